The topological polar surface area (TPSA) is 48.3 Å². The van der Waals surface area contributed by atoms with Crippen molar-refractivity contribution in [2.75, 3.05) is 7.11 Å². The molecule has 1 aromatic heterocycles. The predicted octanol–water partition coefficient (Wildman–Crippen LogP) is 5.66. The summed E-state index contributed by atoms with van der Waals surface area (Å²) in [6.07, 6.45) is 2.18. The Morgan fingerprint density at radius 3 is 2.52 bits per heavy atom. The van der Waals surface area contributed by atoms with Crippen molar-refractivity contribution in [1.29, 1.82) is 0 Å². The van der Waals surface area contributed by atoms with Crippen LogP contribution in [0.2, 0.25) is 0 Å². The first-order valence-electron chi connectivity index (χ1n) is 10.6. The Bertz CT molecular complexity index is 1300. The summed E-state index contributed by atoms with van der Waals surface area (Å²) >= 11 is 0. The molecule has 4 aromatic rings. The van der Waals surface area contributed by atoms with Crippen LogP contribution in [0.1, 0.15) is 44.8 Å². The molecule has 0 spiro atoms. The number of methoxy groups -OCH3 is 1. The zero-order valence-corrected chi connectivity index (χ0v) is 17.4. The molecule has 31 heavy (non-hydrogen) atoms. The quantitative estimate of drug-likeness (QED) is 0.409. The molecule has 0 N–H and O–H groups in total. The van der Waals surface area contributed by atoms with Crippen molar-refractivity contribution < 1.29 is 14.3 Å². The molecule has 4 heteroatoms. The van der Waals surface area contributed by atoms with E-state index in [9.17, 15) is 9.59 Å². The van der Waals surface area contributed by atoms with Gasteiger partial charge in [-0.05, 0) is 47.7 Å². The van der Waals surface area contributed by atoms with Crippen molar-refractivity contribution in [3.63, 3.8) is 0 Å². The van der Waals surface area contributed by atoms with Gasteiger partial charge in [0, 0.05) is 29.6 Å². The monoisotopic (exact) mass is 409 g/mol. The molecule has 5 rings (SSSR count). The largest absolute Gasteiger partial charge is 0.465 e. The molecular formula is C27H23NO3. The minimum atomic E-state index is -0.407. The Hall–Kier alpha value is -3.66. The molecule has 154 valence electrons. The van der Waals surface area contributed by atoms with Crippen LogP contribution >= 0.6 is 0 Å². The lowest BCUT2D eigenvalue weighted by atomic mass is 9.92. The van der Waals surface area contributed by atoms with Gasteiger partial charge in [0.25, 0.3) is 0 Å². The number of carbonyl (C=O) groups is 2. The first-order valence-corrected chi connectivity index (χ1v) is 10.6. The molecule has 3 aromatic carbocycles. The van der Waals surface area contributed by atoms with Gasteiger partial charge in [-0.3, -0.25) is 4.79 Å². The van der Waals surface area contributed by atoms with E-state index in [0.717, 1.165) is 40.6 Å². The maximum absolute atomic E-state index is 12.9. The third kappa shape index (κ3) is 3.34. The molecule has 0 fully saturated rings. The van der Waals surface area contributed by atoms with E-state index in [1.54, 1.807) is 6.07 Å². The van der Waals surface area contributed by atoms with Crippen LogP contribution in [0, 0.1) is 0 Å². The number of benzene rings is 3. The third-order valence-corrected chi connectivity index (χ3v) is 6.07. The Morgan fingerprint density at radius 2 is 1.71 bits per heavy atom. The van der Waals surface area contributed by atoms with Gasteiger partial charge in [0.2, 0.25) is 0 Å². The zero-order chi connectivity index (χ0) is 21.4. The van der Waals surface area contributed by atoms with Gasteiger partial charge in [-0.2, -0.15) is 0 Å². The summed E-state index contributed by atoms with van der Waals surface area (Å²) in [6.45, 7) is 0.643. The summed E-state index contributed by atoms with van der Waals surface area (Å²) in [6, 6.07) is 24.4. The molecule has 4 nitrogen and oxygen atoms in total. The van der Waals surface area contributed by atoms with Gasteiger partial charge < -0.3 is 9.30 Å². The lowest BCUT2D eigenvalue weighted by Crippen LogP contribution is -2.14. The first-order chi connectivity index (χ1) is 15.2. The molecule has 0 saturated heterocycles. The van der Waals surface area contributed by atoms with Crippen LogP contribution in [-0.4, -0.2) is 23.4 Å². The SMILES string of the molecule is COC(=O)c1cccc2c1c1c(n2Cc2cccc(-c3ccccc3)c2)CCCC1=O. The second-order valence-corrected chi connectivity index (χ2v) is 7.94. The normalized spacial score (nSPS) is 13.3. The van der Waals surface area contributed by atoms with E-state index in [-0.39, 0.29) is 5.78 Å². The number of hydrogen-bond donors (Lipinski definition) is 0. The molecule has 0 amide bonds. The van der Waals surface area contributed by atoms with E-state index in [0.29, 0.717) is 24.1 Å². The number of hydrogen-bond acceptors (Lipinski definition) is 3. The number of aromatic nitrogens is 1. The summed E-state index contributed by atoms with van der Waals surface area (Å²) in [5.74, 6) is -0.297. The van der Waals surface area contributed by atoms with Gasteiger partial charge in [0.15, 0.2) is 5.78 Å². The standard InChI is InChI=1S/C27H23NO3/c1-31-27(30)21-12-6-13-22-25(21)26-23(14-7-15-24(26)29)28(22)17-18-8-5-11-20(16-18)19-9-3-2-4-10-19/h2-6,8-13,16H,7,14-15,17H2,1H3. The molecule has 0 bridgehead atoms. The molecule has 1 aliphatic carbocycles. The highest BCUT2D eigenvalue weighted by atomic mass is 16.5. The van der Waals surface area contributed by atoms with Gasteiger partial charge in [0.05, 0.1) is 18.2 Å². The summed E-state index contributed by atoms with van der Waals surface area (Å²) < 4.78 is 7.21. The highest BCUT2D eigenvalue weighted by Crippen LogP contribution is 2.35. The first kappa shape index (κ1) is 19.3. The molecule has 0 unspecified atom stereocenters. The van der Waals surface area contributed by atoms with Gasteiger partial charge in [-0.1, -0.05) is 54.6 Å². The number of rotatable bonds is 4. The highest BCUT2D eigenvalue weighted by Gasteiger charge is 2.29. The van der Waals surface area contributed by atoms with Crippen molar-refractivity contribution in [3.8, 4) is 11.1 Å². The van der Waals surface area contributed by atoms with Crippen LogP contribution in [0.3, 0.4) is 0 Å². The number of ether oxygens (including phenoxy) is 1. The Balaban J connectivity index is 1.66. The number of ketones is 1. The second kappa shape index (κ2) is 7.88. The fourth-order valence-electron chi connectivity index (χ4n) is 4.68. The van der Waals surface area contributed by atoms with Crippen LogP contribution in [0.25, 0.3) is 22.0 Å². The molecule has 0 saturated carbocycles. The van der Waals surface area contributed by atoms with Gasteiger partial charge in [-0.25, -0.2) is 4.79 Å². The van der Waals surface area contributed by atoms with E-state index in [1.807, 2.05) is 30.3 Å². The summed E-state index contributed by atoms with van der Waals surface area (Å²) in [5.41, 5.74) is 6.58. The van der Waals surface area contributed by atoms with E-state index in [1.165, 1.54) is 12.7 Å². The highest BCUT2D eigenvalue weighted by molar-refractivity contribution is 6.16. The maximum Gasteiger partial charge on any atom is 0.338 e. The van der Waals surface area contributed by atoms with Gasteiger partial charge in [-0.15, -0.1) is 0 Å². The smallest absolute Gasteiger partial charge is 0.338 e. The summed E-state index contributed by atoms with van der Waals surface area (Å²) in [5, 5.41) is 0.730. The number of esters is 1. The number of carbonyl (C=O) groups excluding carboxylic acids is 2. The number of Topliss-reactive ketones (excluding diaryl/α,β-unsaturated/α-hetero) is 1. The molecule has 0 aliphatic heterocycles. The van der Waals surface area contributed by atoms with Crippen LogP contribution < -0.4 is 0 Å². The predicted molar refractivity (Wildman–Crippen MR) is 122 cm³/mol. The molecule has 0 atom stereocenters. The molecular weight excluding hydrogens is 386 g/mol. The number of fused-ring (bicyclic) bond motifs is 3. The van der Waals surface area contributed by atoms with E-state index in [2.05, 4.69) is 41.0 Å². The average Bonchev–Trinajstić information content (AvgIpc) is 3.14. The van der Waals surface area contributed by atoms with Crippen molar-refractivity contribution in [2.45, 2.75) is 25.8 Å². The zero-order valence-electron chi connectivity index (χ0n) is 17.4. The van der Waals surface area contributed by atoms with Crippen LogP contribution in [-0.2, 0) is 17.7 Å². The van der Waals surface area contributed by atoms with E-state index >= 15 is 0 Å². The van der Waals surface area contributed by atoms with Crippen LogP contribution in [0.15, 0.2) is 72.8 Å². The Morgan fingerprint density at radius 1 is 0.935 bits per heavy atom. The Labute approximate surface area is 181 Å². The van der Waals surface area contributed by atoms with E-state index < -0.39 is 5.97 Å². The molecule has 0 radical (unpaired) electrons. The van der Waals surface area contributed by atoms with Gasteiger partial charge in [0.1, 0.15) is 0 Å². The van der Waals surface area contributed by atoms with Gasteiger partial charge >= 0.3 is 5.97 Å². The van der Waals surface area contributed by atoms with Crippen molar-refractivity contribution >= 4 is 22.7 Å². The number of nitrogens with zero attached hydrogens (tertiary/aromatic N) is 1. The van der Waals surface area contributed by atoms with E-state index in [4.69, 9.17) is 4.74 Å². The lowest BCUT2D eigenvalue weighted by molar-refractivity contribution is 0.0603. The fourth-order valence-corrected chi connectivity index (χ4v) is 4.68. The second-order valence-electron chi connectivity index (χ2n) is 7.94. The molecule has 1 heterocycles. The Kier molecular flexibility index (Phi) is 4.91. The van der Waals surface area contributed by atoms with Crippen molar-refractivity contribution in [3.05, 3.63) is 95.2 Å². The van der Waals surface area contributed by atoms with Crippen molar-refractivity contribution in [1.82, 2.24) is 4.57 Å². The van der Waals surface area contributed by atoms with Crippen LogP contribution in [0.5, 0.6) is 0 Å². The maximum atomic E-state index is 12.9. The lowest BCUT2D eigenvalue weighted by Gasteiger charge is -2.16. The summed E-state index contributed by atoms with van der Waals surface area (Å²) in [7, 11) is 1.38. The molecule has 1 aliphatic rings. The minimum Gasteiger partial charge on any atom is -0.465 e. The van der Waals surface area contributed by atoms with Crippen molar-refractivity contribution in [2.24, 2.45) is 0 Å². The fraction of sp³-hybridized carbons (Fsp3) is 0.185. The van der Waals surface area contributed by atoms with Crippen LogP contribution in [0.4, 0.5) is 0 Å². The third-order valence-electron chi connectivity index (χ3n) is 6.07. The minimum absolute atomic E-state index is 0.111. The summed E-state index contributed by atoms with van der Waals surface area (Å²) in [4.78, 5) is 25.3. The average molecular weight is 409 g/mol.